The number of benzene rings is 1. The predicted molar refractivity (Wildman–Crippen MR) is 129 cm³/mol. The van der Waals surface area contributed by atoms with Gasteiger partial charge in [-0.1, -0.05) is 0 Å². The Hall–Kier alpha value is -4.48. The number of fused-ring (bicyclic) bond motifs is 1. The smallest absolute Gasteiger partial charge is 0.389 e. The molecule has 3 aromatic heterocycles. The highest BCUT2D eigenvalue weighted by atomic mass is 19.4. The lowest BCUT2D eigenvalue weighted by molar-refractivity contribution is -0.134. The molecule has 0 unspecified atom stereocenters. The Morgan fingerprint density at radius 3 is 2.42 bits per heavy atom. The number of nitrogens with zero attached hydrogens (tertiary/aromatic N) is 2. The van der Waals surface area contributed by atoms with E-state index in [1.807, 2.05) is 0 Å². The van der Waals surface area contributed by atoms with E-state index in [-0.39, 0.29) is 50.7 Å². The predicted octanol–water partition coefficient (Wildman–Crippen LogP) is 5.57. The maximum atomic E-state index is 13.5. The molecule has 0 aliphatic rings. The lowest BCUT2D eigenvalue weighted by Crippen LogP contribution is -2.18. The van der Waals surface area contributed by atoms with Gasteiger partial charge in [0.1, 0.15) is 17.1 Å². The molecular weight excluding hydrogens is 510 g/mol. The van der Waals surface area contributed by atoms with Crippen LogP contribution in [0.15, 0.2) is 40.9 Å². The standard InChI is InChI=1S/C26H21F4N3O5/c1-12-18(14-10-16(25(35)36)23(37-3)32-11-14)17(8-9-26(28,29)30)33-24-19(12)20(22(34)31-2)21(38-24)13-4-6-15(27)7-5-13/h4-7,10-11H,8-9H2,1-3H3,(H,31,34)(H,35,36). The second-order valence-electron chi connectivity index (χ2n) is 8.33. The lowest BCUT2D eigenvalue weighted by atomic mass is 9.93. The summed E-state index contributed by atoms with van der Waals surface area (Å²) in [4.78, 5) is 33.1. The zero-order valence-corrected chi connectivity index (χ0v) is 20.4. The fourth-order valence-electron chi connectivity index (χ4n) is 4.24. The third-order valence-corrected chi connectivity index (χ3v) is 5.93. The van der Waals surface area contributed by atoms with Crippen molar-refractivity contribution in [3.05, 3.63) is 64.7 Å². The van der Waals surface area contributed by atoms with Crippen molar-refractivity contribution in [3.8, 4) is 28.3 Å². The zero-order chi connectivity index (χ0) is 27.8. The van der Waals surface area contributed by atoms with Crippen LogP contribution in [0.2, 0.25) is 0 Å². The van der Waals surface area contributed by atoms with Gasteiger partial charge in [0.05, 0.1) is 23.8 Å². The Labute approximate surface area is 213 Å². The molecule has 1 aromatic carbocycles. The summed E-state index contributed by atoms with van der Waals surface area (Å²) < 4.78 is 64.0. The number of carbonyl (C=O) groups is 2. The fraction of sp³-hybridized carbons (Fsp3) is 0.231. The van der Waals surface area contributed by atoms with Gasteiger partial charge in [-0.25, -0.2) is 19.2 Å². The van der Waals surface area contributed by atoms with E-state index >= 15 is 0 Å². The first-order valence-corrected chi connectivity index (χ1v) is 11.2. The largest absolute Gasteiger partial charge is 0.480 e. The molecule has 0 bridgehead atoms. The number of carbonyl (C=O) groups excluding carboxylic acids is 1. The van der Waals surface area contributed by atoms with Crippen LogP contribution in [0, 0.1) is 12.7 Å². The molecule has 38 heavy (non-hydrogen) atoms. The second kappa shape index (κ2) is 10.1. The molecule has 0 fully saturated rings. The molecule has 3 heterocycles. The molecule has 0 radical (unpaired) electrons. The zero-order valence-electron chi connectivity index (χ0n) is 20.4. The van der Waals surface area contributed by atoms with Crippen molar-refractivity contribution >= 4 is 23.0 Å². The number of ether oxygens (including phenoxy) is 1. The Kier molecular flexibility index (Phi) is 7.07. The minimum absolute atomic E-state index is 0.0292. The van der Waals surface area contributed by atoms with Gasteiger partial charge in [-0.2, -0.15) is 13.2 Å². The number of furan rings is 1. The lowest BCUT2D eigenvalue weighted by Gasteiger charge is -2.15. The summed E-state index contributed by atoms with van der Waals surface area (Å²) in [7, 11) is 2.63. The van der Waals surface area contributed by atoms with Crippen molar-refractivity contribution in [3.63, 3.8) is 0 Å². The van der Waals surface area contributed by atoms with Crippen LogP contribution in [-0.2, 0) is 6.42 Å². The van der Waals surface area contributed by atoms with E-state index in [0.29, 0.717) is 11.1 Å². The summed E-state index contributed by atoms with van der Waals surface area (Å²) in [5, 5.41) is 12.3. The number of aromatic carboxylic acids is 1. The Balaban J connectivity index is 2.07. The molecule has 0 saturated heterocycles. The fourth-order valence-corrected chi connectivity index (χ4v) is 4.24. The average Bonchev–Trinajstić information content (AvgIpc) is 3.26. The number of hydrogen-bond acceptors (Lipinski definition) is 6. The molecule has 0 aliphatic heterocycles. The minimum atomic E-state index is -4.50. The number of nitrogens with one attached hydrogen (secondary N) is 1. The first kappa shape index (κ1) is 26.6. The number of halogens is 4. The van der Waals surface area contributed by atoms with Gasteiger partial charge >= 0.3 is 12.1 Å². The highest BCUT2D eigenvalue weighted by Crippen LogP contribution is 2.41. The number of amides is 1. The van der Waals surface area contributed by atoms with Crippen molar-refractivity contribution in [2.24, 2.45) is 0 Å². The molecule has 4 aromatic rings. The van der Waals surface area contributed by atoms with Gasteiger partial charge in [0.25, 0.3) is 5.91 Å². The Morgan fingerprint density at radius 1 is 1.16 bits per heavy atom. The number of aromatic nitrogens is 2. The number of carboxylic acids is 1. The van der Waals surface area contributed by atoms with Crippen molar-refractivity contribution in [1.82, 2.24) is 15.3 Å². The molecule has 0 saturated carbocycles. The number of pyridine rings is 2. The third-order valence-electron chi connectivity index (χ3n) is 5.93. The van der Waals surface area contributed by atoms with Gasteiger partial charge in [-0.05, 0) is 49.2 Å². The van der Waals surface area contributed by atoms with Crippen molar-refractivity contribution in [1.29, 1.82) is 0 Å². The molecule has 12 heteroatoms. The van der Waals surface area contributed by atoms with Gasteiger partial charge in [0.2, 0.25) is 11.6 Å². The normalized spacial score (nSPS) is 11.6. The second-order valence-corrected chi connectivity index (χ2v) is 8.33. The molecule has 4 rings (SSSR count). The van der Waals surface area contributed by atoms with Gasteiger partial charge < -0.3 is 19.6 Å². The summed E-state index contributed by atoms with van der Waals surface area (Å²) in [5.41, 5.74) is 0.626. The molecule has 198 valence electrons. The SMILES string of the molecule is CNC(=O)c1c(-c2ccc(F)cc2)oc2nc(CCC(F)(F)F)c(-c3cnc(OC)c(C(=O)O)c3)c(C)c12. The molecule has 0 aliphatic carbocycles. The van der Waals surface area contributed by atoms with Crippen LogP contribution in [0.4, 0.5) is 17.6 Å². The Morgan fingerprint density at radius 2 is 1.84 bits per heavy atom. The van der Waals surface area contributed by atoms with E-state index < -0.39 is 36.7 Å². The third kappa shape index (κ3) is 5.01. The van der Waals surface area contributed by atoms with Crippen LogP contribution >= 0.6 is 0 Å². The number of rotatable bonds is 7. The monoisotopic (exact) mass is 531 g/mol. The summed E-state index contributed by atoms with van der Waals surface area (Å²) in [5.74, 6) is -2.57. The van der Waals surface area contributed by atoms with Crippen LogP contribution < -0.4 is 10.1 Å². The first-order valence-electron chi connectivity index (χ1n) is 11.2. The summed E-state index contributed by atoms with van der Waals surface area (Å²) in [6.07, 6.45) is -4.99. The van der Waals surface area contributed by atoms with Crippen molar-refractivity contribution < 1.29 is 41.4 Å². The van der Waals surface area contributed by atoms with Gasteiger partial charge in [0.15, 0.2) is 0 Å². The van der Waals surface area contributed by atoms with Crippen LogP contribution in [0.25, 0.3) is 33.6 Å². The van der Waals surface area contributed by atoms with Gasteiger partial charge in [0, 0.05) is 36.4 Å². The summed E-state index contributed by atoms with van der Waals surface area (Å²) in [6.45, 7) is 1.57. The maximum Gasteiger partial charge on any atom is 0.389 e. The Bertz CT molecular complexity index is 1550. The number of alkyl halides is 3. The summed E-state index contributed by atoms with van der Waals surface area (Å²) in [6, 6.07) is 6.36. The van der Waals surface area contributed by atoms with Crippen molar-refractivity contribution in [2.45, 2.75) is 25.9 Å². The number of carboxylic acid groups (broad SMARTS) is 1. The minimum Gasteiger partial charge on any atom is -0.480 e. The highest BCUT2D eigenvalue weighted by molar-refractivity contribution is 6.12. The van der Waals surface area contributed by atoms with E-state index in [1.54, 1.807) is 6.92 Å². The molecule has 8 nitrogen and oxygen atoms in total. The van der Waals surface area contributed by atoms with Crippen LogP contribution in [-0.4, -0.2) is 47.3 Å². The maximum absolute atomic E-state index is 13.5. The topological polar surface area (TPSA) is 115 Å². The number of aryl methyl sites for hydroxylation is 2. The van der Waals surface area contributed by atoms with E-state index in [0.717, 1.165) is 0 Å². The molecule has 2 N–H and O–H groups in total. The van der Waals surface area contributed by atoms with Gasteiger partial charge in [-0.3, -0.25) is 4.79 Å². The van der Waals surface area contributed by atoms with Crippen molar-refractivity contribution in [2.75, 3.05) is 14.2 Å². The molecule has 1 amide bonds. The van der Waals surface area contributed by atoms with E-state index in [9.17, 15) is 32.3 Å². The van der Waals surface area contributed by atoms with E-state index in [1.165, 1.54) is 50.7 Å². The highest BCUT2D eigenvalue weighted by Gasteiger charge is 2.31. The first-order chi connectivity index (χ1) is 17.9. The van der Waals surface area contributed by atoms with E-state index in [4.69, 9.17) is 9.15 Å². The summed E-state index contributed by atoms with van der Waals surface area (Å²) >= 11 is 0. The number of methoxy groups -OCH3 is 1. The average molecular weight is 531 g/mol. The molecular formula is C26H21F4N3O5. The number of hydrogen-bond donors (Lipinski definition) is 2. The molecule has 0 atom stereocenters. The van der Waals surface area contributed by atoms with Crippen LogP contribution in [0.5, 0.6) is 5.88 Å². The quantitative estimate of drug-likeness (QED) is 0.300. The van der Waals surface area contributed by atoms with Crippen LogP contribution in [0.1, 0.15) is 38.4 Å². The molecule has 0 spiro atoms. The van der Waals surface area contributed by atoms with Crippen LogP contribution in [0.3, 0.4) is 0 Å². The van der Waals surface area contributed by atoms with Gasteiger partial charge in [-0.15, -0.1) is 0 Å². The van der Waals surface area contributed by atoms with E-state index in [2.05, 4.69) is 15.3 Å².